The third kappa shape index (κ3) is 2.92. The third-order valence-corrected chi connectivity index (χ3v) is 4.33. The van der Waals surface area contributed by atoms with Crippen LogP contribution in [0.15, 0.2) is 48.5 Å². The number of amides is 1. The third-order valence-electron chi connectivity index (χ3n) is 4.33. The Hall–Kier alpha value is -2.09. The van der Waals surface area contributed by atoms with Crippen LogP contribution in [0.2, 0.25) is 0 Å². The quantitative estimate of drug-likeness (QED) is 0.747. The largest absolute Gasteiger partial charge is 0.327 e. The first-order valence-electron chi connectivity index (χ1n) is 7.84. The minimum absolute atomic E-state index is 0.130. The van der Waals surface area contributed by atoms with E-state index in [1.54, 1.807) is 0 Å². The molecule has 2 nitrogen and oxygen atoms in total. The fourth-order valence-electron chi connectivity index (χ4n) is 2.72. The first-order chi connectivity index (χ1) is 10.4. The standard InChI is InChI=1S/C20H23NO/c1-14-5-7-16(8-6-14)19(22)21-13-18(21)15-9-11-17(12-10-15)20(2,3)4/h5-12,18H,13H2,1-4H3. The van der Waals surface area contributed by atoms with Gasteiger partial charge in [-0.25, -0.2) is 0 Å². The maximum atomic E-state index is 12.5. The average molecular weight is 293 g/mol. The maximum absolute atomic E-state index is 12.5. The summed E-state index contributed by atoms with van der Waals surface area (Å²) < 4.78 is 0. The summed E-state index contributed by atoms with van der Waals surface area (Å²) in [6.07, 6.45) is 0. The van der Waals surface area contributed by atoms with Gasteiger partial charge in [-0.05, 0) is 35.6 Å². The summed E-state index contributed by atoms with van der Waals surface area (Å²) in [5.74, 6) is 0.130. The second-order valence-electron chi connectivity index (χ2n) is 7.21. The Balaban J connectivity index is 1.71. The molecule has 1 atom stereocenters. The number of benzene rings is 2. The molecule has 1 amide bonds. The number of hydrogen-bond donors (Lipinski definition) is 0. The Labute approximate surface area is 132 Å². The van der Waals surface area contributed by atoms with E-state index in [1.807, 2.05) is 36.1 Å². The second kappa shape index (κ2) is 5.28. The van der Waals surface area contributed by atoms with Crippen LogP contribution in [-0.2, 0) is 5.41 Å². The van der Waals surface area contributed by atoms with Crippen molar-refractivity contribution in [2.75, 3.05) is 6.54 Å². The highest BCUT2D eigenvalue weighted by molar-refractivity contribution is 5.96. The van der Waals surface area contributed by atoms with Crippen molar-refractivity contribution >= 4 is 5.91 Å². The number of nitrogens with zero attached hydrogens (tertiary/aromatic N) is 1. The lowest BCUT2D eigenvalue weighted by atomic mass is 9.86. The van der Waals surface area contributed by atoms with Gasteiger partial charge in [0, 0.05) is 12.1 Å². The molecule has 0 aliphatic carbocycles. The molecule has 22 heavy (non-hydrogen) atoms. The molecule has 1 saturated heterocycles. The van der Waals surface area contributed by atoms with Gasteiger partial charge in [0.25, 0.3) is 5.91 Å². The van der Waals surface area contributed by atoms with Crippen LogP contribution in [0.5, 0.6) is 0 Å². The van der Waals surface area contributed by atoms with Crippen LogP contribution in [-0.4, -0.2) is 17.4 Å². The first kappa shape index (κ1) is 14.8. The minimum atomic E-state index is 0.130. The van der Waals surface area contributed by atoms with E-state index >= 15 is 0 Å². The topological polar surface area (TPSA) is 20.1 Å². The summed E-state index contributed by atoms with van der Waals surface area (Å²) in [6, 6.07) is 16.7. The molecular formula is C20H23NO. The lowest BCUT2D eigenvalue weighted by Gasteiger charge is -2.19. The van der Waals surface area contributed by atoms with Crippen molar-refractivity contribution in [1.29, 1.82) is 0 Å². The monoisotopic (exact) mass is 293 g/mol. The SMILES string of the molecule is Cc1ccc(C(=O)N2CC2c2ccc(C(C)(C)C)cc2)cc1. The molecule has 0 spiro atoms. The molecule has 1 aliphatic heterocycles. The van der Waals surface area contributed by atoms with E-state index in [2.05, 4.69) is 45.0 Å². The van der Waals surface area contributed by atoms with E-state index in [9.17, 15) is 4.79 Å². The van der Waals surface area contributed by atoms with Crippen LogP contribution < -0.4 is 0 Å². The minimum Gasteiger partial charge on any atom is -0.327 e. The lowest BCUT2D eigenvalue weighted by Crippen LogP contribution is -2.12. The highest BCUT2D eigenvalue weighted by Gasteiger charge is 2.39. The van der Waals surface area contributed by atoms with Crippen LogP contribution in [0.3, 0.4) is 0 Å². The van der Waals surface area contributed by atoms with Gasteiger partial charge in [0.15, 0.2) is 0 Å². The van der Waals surface area contributed by atoms with E-state index < -0.39 is 0 Å². The Kier molecular flexibility index (Phi) is 3.56. The Morgan fingerprint density at radius 2 is 1.59 bits per heavy atom. The van der Waals surface area contributed by atoms with Crippen LogP contribution in [0.1, 0.15) is 53.9 Å². The number of carbonyl (C=O) groups is 1. The highest BCUT2D eigenvalue weighted by atomic mass is 16.2. The Morgan fingerprint density at radius 1 is 1.00 bits per heavy atom. The zero-order valence-electron chi connectivity index (χ0n) is 13.8. The molecule has 0 aromatic heterocycles. The van der Waals surface area contributed by atoms with Crippen LogP contribution in [0.4, 0.5) is 0 Å². The maximum Gasteiger partial charge on any atom is 0.254 e. The zero-order valence-corrected chi connectivity index (χ0v) is 13.8. The van der Waals surface area contributed by atoms with Crippen molar-refractivity contribution < 1.29 is 4.79 Å². The summed E-state index contributed by atoms with van der Waals surface area (Å²) >= 11 is 0. The molecule has 0 bridgehead atoms. The Morgan fingerprint density at radius 3 is 2.14 bits per heavy atom. The van der Waals surface area contributed by atoms with Gasteiger partial charge in [0.2, 0.25) is 0 Å². The number of rotatable bonds is 2. The van der Waals surface area contributed by atoms with Crippen LogP contribution in [0, 0.1) is 6.92 Å². The first-order valence-corrected chi connectivity index (χ1v) is 7.84. The van der Waals surface area contributed by atoms with E-state index in [0.29, 0.717) is 0 Å². The molecule has 3 rings (SSSR count). The number of carbonyl (C=O) groups excluding carboxylic acids is 1. The van der Waals surface area contributed by atoms with E-state index in [1.165, 1.54) is 16.7 Å². The fraction of sp³-hybridized carbons (Fsp3) is 0.350. The Bertz CT molecular complexity index is 677. The molecular weight excluding hydrogens is 270 g/mol. The van der Waals surface area contributed by atoms with Gasteiger partial charge >= 0.3 is 0 Å². The molecule has 2 aromatic carbocycles. The summed E-state index contributed by atoms with van der Waals surface area (Å²) in [6.45, 7) is 9.50. The average Bonchev–Trinajstić information content (AvgIpc) is 3.27. The molecule has 0 saturated carbocycles. The molecule has 1 unspecified atom stereocenters. The van der Waals surface area contributed by atoms with Gasteiger partial charge in [-0.15, -0.1) is 0 Å². The zero-order chi connectivity index (χ0) is 15.9. The van der Waals surface area contributed by atoms with Crippen molar-refractivity contribution in [2.24, 2.45) is 0 Å². The summed E-state index contributed by atoms with van der Waals surface area (Å²) in [5.41, 5.74) is 4.68. The van der Waals surface area contributed by atoms with Gasteiger partial charge in [-0.3, -0.25) is 4.79 Å². The fourth-order valence-corrected chi connectivity index (χ4v) is 2.72. The summed E-state index contributed by atoms with van der Waals surface area (Å²) in [4.78, 5) is 14.4. The molecule has 114 valence electrons. The summed E-state index contributed by atoms with van der Waals surface area (Å²) in [5, 5.41) is 0. The lowest BCUT2D eigenvalue weighted by molar-refractivity contribution is 0.0874. The predicted molar refractivity (Wildman–Crippen MR) is 90.1 cm³/mol. The van der Waals surface area contributed by atoms with Crippen molar-refractivity contribution in [1.82, 2.24) is 4.90 Å². The molecule has 2 heteroatoms. The molecule has 0 radical (unpaired) electrons. The van der Waals surface area contributed by atoms with E-state index in [-0.39, 0.29) is 17.4 Å². The highest BCUT2D eigenvalue weighted by Crippen LogP contribution is 2.37. The molecule has 1 heterocycles. The van der Waals surface area contributed by atoms with Crippen molar-refractivity contribution in [3.63, 3.8) is 0 Å². The van der Waals surface area contributed by atoms with Crippen LogP contribution in [0.25, 0.3) is 0 Å². The molecule has 1 aliphatic rings. The van der Waals surface area contributed by atoms with Crippen molar-refractivity contribution in [3.8, 4) is 0 Å². The summed E-state index contributed by atoms with van der Waals surface area (Å²) in [7, 11) is 0. The molecule has 2 aromatic rings. The van der Waals surface area contributed by atoms with Gasteiger partial charge < -0.3 is 4.90 Å². The molecule has 1 fully saturated rings. The van der Waals surface area contributed by atoms with Crippen LogP contribution >= 0.6 is 0 Å². The van der Waals surface area contributed by atoms with Gasteiger partial charge in [0.05, 0.1) is 6.04 Å². The normalized spacial score (nSPS) is 17.5. The van der Waals surface area contributed by atoms with E-state index in [0.717, 1.165) is 12.1 Å². The number of aryl methyl sites for hydroxylation is 1. The van der Waals surface area contributed by atoms with Gasteiger partial charge in [-0.1, -0.05) is 62.7 Å². The molecule has 0 N–H and O–H groups in total. The van der Waals surface area contributed by atoms with Crippen molar-refractivity contribution in [3.05, 3.63) is 70.8 Å². The smallest absolute Gasteiger partial charge is 0.254 e. The predicted octanol–water partition coefficient (Wildman–Crippen LogP) is 4.49. The van der Waals surface area contributed by atoms with Crippen molar-refractivity contribution in [2.45, 2.75) is 39.2 Å². The second-order valence-corrected chi connectivity index (χ2v) is 7.21. The van der Waals surface area contributed by atoms with Gasteiger partial charge in [-0.2, -0.15) is 0 Å². The van der Waals surface area contributed by atoms with E-state index in [4.69, 9.17) is 0 Å². The van der Waals surface area contributed by atoms with Gasteiger partial charge in [0.1, 0.15) is 0 Å². The number of hydrogen-bond acceptors (Lipinski definition) is 1.